The Bertz CT molecular complexity index is 665. The predicted molar refractivity (Wildman–Crippen MR) is 62.6 cm³/mol. The number of anilines is 2. The summed E-state index contributed by atoms with van der Waals surface area (Å²) < 4.78 is 31.1. The summed E-state index contributed by atoms with van der Waals surface area (Å²) in [6.45, 7) is 0. The molecule has 0 atom stereocenters. The van der Waals surface area contributed by atoms with E-state index < -0.39 is 10.1 Å². The first kappa shape index (κ1) is 10.7. The van der Waals surface area contributed by atoms with Gasteiger partial charge in [-0.2, -0.15) is 8.42 Å². The lowest BCUT2D eigenvalue weighted by Crippen LogP contribution is -2.03. The van der Waals surface area contributed by atoms with Crippen LogP contribution in [0.25, 0.3) is 10.8 Å². The fraction of sp³-hybridized carbons (Fsp3) is 0. The Balaban J connectivity index is 2.90. The van der Waals surface area contributed by atoms with Gasteiger partial charge in [-0.05, 0) is 23.6 Å². The summed E-state index contributed by atoms with van der Waals surface area (Å²) in [6, 6.07) is 7.89. The molecule has 16 heavy (non-hydrogen) atoms. The van der Waals surface area contributed by atoms with Gasteiger partial charge in [0.1, 0.15) is 4.90 Å². The molecule has 0 saturated heterocycles. The highest BCUT2D eigenvalue weighted by atomic mass is 32.2. The van der Waals surface area contributed by atoms with Crippen molar-refractivity contribution in [1.82, 2.24) is 0 Å². The minimum absolute atomic E-state index is 0.000556. The maximum absolute atomic E-state index is 11.0. The highest BCUT2D eigenvalue weighted by Gasteiger charge is 2.15. The number of hydrogen-bond donors (Lipinski definition) is 3. The zero-order valence-electron chi connectivity index (χ0n) is 8.21. The first-order valence-electron chi connectivity index (χ1n) is 4.45. The third kappa shape index (κ3) is 1.68. The summed E-state index contributed by atoms with van der Waals surface area (Å²) in [4.78, 5) is -0.321. The zero-order valence-corrected chi connectivity index (χ0v) is 9.03. The van der Waals surface area contributed by atoms with Crippen LogP contribution in [0.1, 0.15) is 0 Å². The molecule has 0 spiro atoms. The van der Waals surface area contributed by atoms with Gasteiger partial charge in [0.2, 0.25) is 0 Å². The van der Waals surface area contributed by atoms with Crippen molar-refractivity contribution < 1.29 is 13.0 Å². The van der Waals surface area contributed by atoms with Gasteiger partial charge in [-0.1, -0.05) is 12.1 Å². The second-order valence-corrected chi connectivity index (χ2v) is 4.82. The van der Waals surface area contributed by atoms with Crippen molar-refractivity contribution in [2.24, 2.45) is 0 Å². The van der Waals surface area contributed by atoms with E-state index >= 15 is 0 Å². The molecule has 2 aromatic carbocycles. The third-order valence-electron chi connectivity index (χ3n) is 2.32. The first-order chi connectivity index (χ1) is 7.39. The van der Waals surface area contributed by atoms with Crippen molar-refractivity contribution in [3.05, 3.63) is 30.3 Å². The molecule has 5 N–H and O–H groups in total. The Morgan fingerprint density at radius 2 is 1.75 bits per heavy atom. The van der Waals surface area contributed by atoms with Crippen molar-refractivity contribution in [2.45, 2.75) is 4.90 Å². The van der Waals surface area contributed by atoms with Gasteiger partial charge in [0.15, 0.2) is 0 Å². The average molecular weight is 238 g/mol. The van der Waals surface area contributed by atoms with Crippen LogP contribution >= 0.6 is 0 Å². The molecule has 0 heterocycles. The highest BCUT2D eigenvalue weighted by molar-refractivity contribution is 7.86. The number of fused-ring (bicyclic) bond motifs is 1. The van der Waals surface area contributed by atoms with Crippen LogP contribution in [0.5, 0.6) is 0 Å². The molecule has 0 aromatic heterocycles. The van der Waals surface area contributed by atoms with E-state index in [2.05, 4.69) is 0 Å². The Labute approximate surface area is 92.4 Å². The van der Waals surface area contributed by atoms with E-state index in [1.54, 1.807) is 18.2 Å². The second kappa shape index (κ2) is 3.36. The van der Waals surface area contributed by atoms with E-state index in [9.17, 15) is 8.42 Å². The SMILES string of the molecule is Nc1cc2cccc(N)c2cc1S(=O)(=O)O. The topological polar surface area (TPSA) is 106 Å². The Morgan fingerprint density at radius 3 is 2.38 bits per heavy atom. The number of hydrogen-bond acceptors (Lipinski definition) is 4. The molecule has 0 saturated carbocycles. The van der Waals surface area contributed by atoms with E-state index in [0.29, 0.717) is 11.1 Å². The Hall–Kier alpha value is -1.79. The Morgan fingerprint density at radius 1 is 1.06 bits per heavy atom. The molecule has 5 nitrogen and oxygen atoms in total. The number of nitrogens with two attached hydrogens (primary N) is 2. The van der Waals surface area contributed by atoms with Gasteiger partial charge in [0.05, 0.1) is 5.69 Å². The second-order valence-electron chi connectivity index (χ2n) is 3.43. The summed E-state index contributed by atoms with van der Waals surface area (Å²) in [7, 11) is -4.32. The van der Waals surface area contributed by atoms with Crippen LogP contribution in [0.3, 0.4) is 0 Å². The largest absolute Gasteiger partial charge is 0.398 e. The Kier molecular flexibility index (Phi) is 2.25. The van der Waals surface area contributed by atoms with Crippen LogP contribution in [0.15, 0.2) is 35.2 Å². The predicted octanol–water partition coefficient (Wildman–Crippen LogP) is 1.25. The van der Waals surface area contributed by atoms with Crippen LogP contribution < -0.4 is 11.5 Å². The van der Waals surface area contributed by atoms with Crippen molar-refractivity contribution in [2.75, 3.05) is 11.5 Å². The fourth-order valence-corrected chi connectivity index (χ4v) is 2.19. The van der Waals surface area contributed by atoms with Gasteiger partial charge in [0, 0.05) is 11.1 Å². The van der Waals surface area contributed by atoms with Crippen molar-refractivity contribution in [1.29, 1.82) is 0 Å². The van der Waals surface area contributed by atoms with Gasteiger partial charge in [0.25, 0.3) is 10.1 Å². The van der Waals surface area contributed by atoms with Crippen molar-refractivity contribution >= 4 is 32.3 Å². The van der Waals surface area contributed by atoms with E-state index in [1.807, 2.05) is 0 Å². The van der Waals surface area contributed by atoms with Crippen LogP contribution in [0.2, 0.25) is 0 Å². The maximum Gasteiger partial charge on any atom is 0.296 e. The van der Waals surface area contributed by atoms with Gasteiger partial charge >= 0.3 is 0 Å². The fourth-order valence-electron chi connectivity index (χ4n) is 1.57. The molecular weight excluding hydrogens is 228 g/mol. The van der Waals surface area contributed by atoms with Crippen molar-refractivity contribution in [3.8, 4) is 0 Å². The molecular formula is C10H10N2O3S. The standard InChI is InChI=1S/C10H10N2O3S/c11-8-3-1-2-6-4-9(12)10(5-7(6)8)16(13,14)15/h1-5H,11-12H2,(H,13,14,15). The van der Waals surface area contributed by atoms with Gasteiger partial charge < -0.3 is 11.5 Å². The molecule has 0 aliphatic rings. The monoisotopic (exact) mass is 238 g/mol. The molecule has 2 rings (SSSR count). The summed E-state index contributed by atoms with van der Waals surface area (Å²) in [5.41, 5.74) is 11.7. The van der Waals surface area contributed by atoms with E-state index in [1.165, 1.54) is 12.1 Å². The van der Waals surface area contributed by atoms with Crippen LogP contribution in [0.4, 0.5) is 11.4 Å². The third-order valence-corrected chi connectivity index (χ3v) is 3.23. The molecule has 0 fully saturated rings. The molecule has 6 heteroatoms. The lowest BCUT2D eigenvalue weighted by atomic mass is 10.1. The average Bonchev–Trinajstić information content (AvgIpc) is 2.15. The minimum atomic E-state index is -4.32. The number of nitrogen functional groups attached to an aromatic ring is 2. The molecule has 0 radical (unpaired) electrons. The van der Waals surface area contributed by atoms with E-state index in [-0.39, 0.29) is 10.6 Å². The molecule has 84 valence electrons. The van der Waals surface area contributed by atoms with Crippen LogP contribution in [-0.4, -0.2) is 13.0 Å². The summed E-state index contributed by atoms with van der Waals surface area (Å²) in [5.74, 6) is 0. The molecule has 0 aliphatic heterocycles. The highest BCUT2D eigenvalue weighted by Crippen LogP contribution is 2.28. The zero-order chi connectivity index (χ0) is 11.9. The number of benzene rings is 2. The quantitative estimate of drug-likeness (QED) is 0.512. The molecule has 0 bridgehead atoms. The molecule has 2 aromatic rings. The lowest BCUT2D eigenvalue weighted by Gasteiger charge is -2.07. The van der Waals surface area contributed by atoms with E-state index in [4.69, 9.17) is 16.0 Å². The molecule has 0 amide bonds. The smallest absolute Gasteiger partial charge is 0.296 e. The maximum atomic E-state index is 11.0. The normalized spacial score (nSPS) is 11.8. The van der Waals surface area contributed by atoms with E-state index in [0.717, 1.165) is 5.39 Å². The summed E-state index contributed by atoms with van der Waals surface area (Å²) in [6.07, 6.45) is 0. The van der Waals surface area contributed by atoms with Gasteiger partial charge in [-0.15, -0.1) is 0 Å². The number of rotatable bonds is 1. The van der Waals surface area contributed by atoms with Crippen LogP contribution in [0, 0.1) is 0 Å². The van der Waals surface area contributed by atoms with Gasteiger partial charge in [-0.25, -0.2) is 0 Å². The lowest BCUT2D eigenvalue weighted by molar-refractivity contribution is 0.484. The van der Waals surface area contributed by atoms with Crippen LogP contribution in [-0.2, 0) is 10.1 Å². The summed E-state index contributed by atoms with van der Waals surface area (Å²) >= 11 is 0. The molecule has 0 aliphatic carbocycles. The van der Waals surface area contributed by atoms with Gasteiger partial charge in [-0.3, -0.25) is 4.55 Å². The molecule has 0 unspecified atom stereocenters. The van der Waals surface area contributed by atoms with Crippen molar-refractivity contribution in [3.63, 3.8) is 0 Å². The summed E-state index contributed by atoms with van der Waals surface area (Å²) in [5, 5.41) is 1.27. The first-order valence-corrected chi connectivity index (χ1v) is 5.89. The minimum Gasteiger partial charge on any atom is -0.398 e.